The topological polar surface area (TPSA) is 67.0 Å². The Morgan fingerprint density at radius 1 is 1.50 bits per heavy atom. The largest absolute Gasteiger partial charge is 0.380 e. The maximum atomic E-state index is 11.2. The summed E-state index contributed by atoms with van der Waals surface area (Å²) in [4.78, 5) is 17.7. The van der Waals surface area contributed by atoms with Crippen LogP contribution in [0.2, 0.25) is 0 Å². The van der Waals surface area contributed by atoms with Crippen LogP contribution in [0.5, 0.6) is 0 Å². The summed E-state index contributed by atoms with van der Waals surface area (Å²) in [7, 11) is 0. The maximum Gasteiger partial charge on any atom is 0.290 e. The minimum absolute atomic E-state index is 0.204. The second-order valence-corrected chi connectivity index (χ2v) is 3.99. The summed E-state index contributed by atoms with van der Waals surface area (Å²) < 4.78 is 5.40. The molecule has 0 aromatic carbocycles. The van der Waals surface area contributed by atoms with Gasteiger partial charge in [0.2, 0.25) is 0 Å². The minimum Gasteiger partial charge on any atom is -0.380 e. The third-order valence-corrected chi connectivity index (χ3v) is 2.09. The van der Waals surface area contributed by atoms with Crippen molar-refractivity contribution in [2.75, 3.05) is 25.1 Å². The molecule has 1 aromatic heterocycles. The van der Waals surface area contributed by atoms with Gasteiger partial charge in [0, 0.05) is 25.5 Å². The molecule has 0 atom stereocenters. The smallest absolute Gasteiger partial charge is 0.290 e. The van der Waals surface area contributed by atoms with E-state index in [9.17, 15) is 4.79 Å². The molecule has 0 aliphatic heterocycles. The summed E-state index contributed by atoms with van der Waals surface area (Å²) in [5, 5.41) is 2.92. The summed E-state index contributed by atoms with van der Waals surface area (Å²) in [6.07, 6.45) is 4.11. The number of aromatic nitrogens is 2. The molecule has 5 nitrogen and oxygen atoms in total. The molecule has 16 heavy (non-hydrogen) atoms. The van der Waals surface area contributed by atoms with Crippen molar-refractivity contribution >= 4 is 5.82 Å². The van der Waals surface area contributed by atoms with E-state index in [1.165, 1.54) is 6.20 Å². The van der Waals surface area contributed by atoms with Crippen LogP contribution in [0.15, 0.2) is 17.2 Å². The monoisotopic (exact) mass is 225 g/mol. The number of anilines is 1. The Hall–Kier alpha value is -1.36. The summed E-state index contributed by atoms with van der Waals surface area (Å²) in [5.74, 6) is 1.00. The van der Waals surface area contributed by atoms with Gasteiger partial charge in [-0.2, -0.15) is 0 Å². The standard InChI is InChI=1S/C11H19N3O2/c1-9(2)3-7-16-8-6-13-10-11(15)14-5-4-12-10/h4-5,9H,3,6-8H2,1-2H3,(H,12,13)(H,14,15). The molecule has 1 aromatic rings. The molecule has 2 N–H and O–H groups in total. The van der Waals surface area contributed by atoms with Gasteiger partial charge < -0.3 is 15.0 Å². The van der Waals surface area contributed by atoms with Gasteiger partial charge in [0.25, 0.3) is 5.56 Å². The number of rotatable bonds is 7. The highest BCUT2D eigenvalue weighted by atomic mass is 16.5. The van der Waals surface area contributed by atoms with Crippen LogP contribution in [0.4, 0.5) is 5.82 Å². The SMILES string of the molecule is CC(C)CCOCCNc1ncc[nH]c1=O. The second kappa shape index (κ2) is 7.00. The summed E-state index contributed by atoms with van der Waals surface area (Å²) in [6, 6.07) is 0. The van der Waals surface area contributed by atoms with Crippen LogP contribution in [0.25, 0.3) is 0 Å². The molecule has 0 fully saturated rings. The summed E-state index contributed by atoms with van der Waals surface area (Å²) in [5.41, 5.74) is -0.204. The predicted octanol–water partition coefficient (Wildman–Crippen LogP) is 1.24. The lowest BCUT2D eigenvalue weighted by Crippen LogP contribution is -2.18. The van der Waals surface area contributed by atoms with Crippen molar-refractivity contribution in [1.82, 2.24) is 9.97 Å². The Morgan fingerprint density at radius 2 is 2.31 bits per heavy atom. The third-order valence-electron chi connectivity index (χ3n) is 2.09. The van der Waals surface area contributed by atoms with Gasteiger partial charge in [-0.05, 0) is 12.3 Å². The lowest BCUT2D eigenvalue weighted by molar-refractivity contribution is 0.132. The van der Waals surface area contributed by atoms with E-state index in [4.69, 9.17) is 4.74 Å². The molecule has 0 amide bonds. The Labute approximate surface area is 95.3 Å². The van der Waals surface area contributed by atoms with E-state index in [1.807, 2.05) is 0 Å². The number of nitrogens with zero attached hydrogens (tertiary/aromatic N) is 1. The Morgan fingerprint density at radius 3 is 3.00 bits per heavy atom. The van der Waals surface area contributed by atoms with Crippen molar-refractivity contribution < 1.29 is 4.74 Å². The van der Waals surface area contributed by atoms with Gasteiger partial charge in [-0.25, -0.2) is 4.98 Å². The van der Waals surface area contributed by atoms with Gasteiger partial charge in [0.1, 0.15) is 0 Å². The zero-order valence-corrected chi connectivity index (χ0v) is 9.82. The van der Waals surface area contributed by atoms with Gasteiger partial charge in [0.05, 0.1) is 6.61 Å². The van der Waals surface area contributed by atoms with Crippen LogP contribution in [0.3, 0.4) is 0 Å². The van der Waals surface area contributed by atoms with Crippen LogP contribution in [-0.4, -0.2) is 29.7 Å². The normalized spacial score (nSPS) is 10.7. The summed E-state index contributed by atoms with van der Waals surface area (Å²) in [6.45, 7) is 6.27. The summed E-state index contributed by atoms with van der Waals surface area (Å²) >= 11 is 0. The predicted molar refractivity (Wildman–Crippen MR) is 63.6 cm³/mol. The quantitative estimate of drug-likeness (QED) is 0.685. The van der Waals surface area contributed by atoms with Crippen LogP contribution < -0.4 is 10.9 Å². The van der Waals surface area contributed by atoms with E-state index in [2.05, 4.69) is 29.1 Å². The van der Waals surface area contributed by atoms with E-state index in [0.717, 1.165) is 13.0 Å². The van der Waals surface area contributed by atoms with E-state index in [0.29, 0.717) is 24.9 Å². The number of hydrogen-bond donors (Lipinski definition) is 2. The van der Waals surface area contributed by atoms with Crippen LogP contribution in [0, 0.1) is 5.92 Å². The first-order chi connectivity index (χ1) is 7.70. The van der Waals surface area contributed by atoms with E-state index in [-0.39, 0.29) is 5.56 Å². The number of nitrogens with one attached hydrogen (secondary N) is 2. The molecule has 0 aliphatic rings. The fourth-order valence-corrected chi connectivity index (χ4v) is 1.14. The van der Waals surface area contributed by atoms with Crippen molar-refractivity contribution in [3.05, 3.63) is 22.7 Å². The number of H-pyrrole nitrogens is 1. The number of ether oxygens (including phenoxy) is 1. The highest BCUT2D eigenvalue weighted by Gasteiger charge is 1.98. The molecule has 1 heterocycles. The zero-order valence-electron chi connectivity index (χ0n) is 9.82. The lowest BCUT2D eigenvalue weighted by Gasteiger charge is -2.07. The molecule has 0 aliphatic carbocycles. The second-order valence-electron chi connectivity index (χ2n) is 3.99. The van der Waals surface area contributed by atoms with Crippen molar-refractivity contribution in [2.45, 2.75) is 20.3 Å². The van der Waals surface area contributed by atoms with Gasteiger partial charge in [-0.3, -0.25) is 4.79 Å². The zero-order chi connectivity index (χ0) is 11.8. The molecule has 1 rings (SSSR count). The van der Waals surface area contributed by atoms with Gasteiger partial charge in [0.15, 0.2) is 5.82 Å². The van der Waals surface area contributed by atoms with Crippen molar-refractivity contribution in [3.8, 4) is 0 Å². The van der Waals surface area contributed by atoms with Crippen molar-refractivity contribution in [1.29, 1.82) is 0 Å². The average Bonchev–Trinajstić information content (AvgIpc) is 2.25. The van der Waals surface area contributed by atoms with Gasteiger partial charge in [-0.15, -0.1) is 0 Å². The molecule has 0 saturated heterocycles. The molecular weight excluding hydrogens is 206 g/mol. The molecule has 90 valence electrons. The maximum absolute atomic E-state index is 11.2. The lowest BCUT2D eigenvalue weighted by atomic mass is 10.1. The van der Waals surface area contributed by atoms with E-state index < -0.39 is 0 Å². The number of aromatic amines is 1. The van der Waals surface area contributed by atoms with Crippen LogP contribution in [-0.2, 0) is 4.74 Å². The molecule has 0 radical (unpaired) electrons. The molecule has 0 bridgehead atoms. The highest BCUT2D eigenvalue weighted by molar-refractivity contribution is 5.29. The first-order valence-electron chi connectivity index (χ1n) is 5.55. The average molecular weight is 225 g/mol. The van der Waals surface area contributed by atoms with Crippen molar-refractivity contribution in [3.63, 3.8) is 0 Å². The fourth-order valence-electron chi connectivity index (χ4n) is 1.14. The first kappa shape index (κ1) is 12.7. The molecule has 5 heteroatoms. The Bertz CT molecular complexity index is 349. The first-order valence-corrected chi connectivity index (χ1v) is 5.55. The third kappa shape index (κ3) is 4.93. The Balaban J connectivity index is 2.12. The van der Waals surface area contributed by atoms with Crippen LogP contribution in [0.1, 0.15) is 20.3 Å². The molecular formula is C11H19N3O2. The van der Waals surface area contributed by atoms with E-state index in [1.54, 1.807) is 6.20 Å². The highest BCUT2D eigenvalue weighted by Crippen LogP contribution is 1.98. The molecule has 0 spiro atoms. The van der Waals surface area contributed by atoms with Crippen LogP contribution >= 0.6 is 0 Å². The number of hydrogen-bond acceptors (Lipinski definition) is 4. The van der Waals surface area contributed by atoms with Crippen molar-refractivity contribution in [2.24, 2.45) is 5.92 Å². The molecule has 0 saturated carbocycles. The fraction of sp³-hybridized carbons (Fsp3) is 0.636. The van der Waals surface area contributed by atoms with E-state index >= 15 is 0 Å². The van der Waals surface area contributed by atoms with Gasteiger partial charge >= 0.3 is 0 Å². The molecule has 0 unspecified atom stereocenters. The van der Waals surface area contributed by atoms with Gasteiger partial charge in [-0.1, -0.05) is 13.8 Å². The Kier molecular flexibility index (Phi) is 5.56. The minimum atomic E-state index is -0.204.